The summed E-state index contributed by atoms with van der Waals surface area (Å²) in [5.41, 5.74) is -0.376. The third-order valence-corrected chi connectivity index (χ3v) is 3.44. The van der Waals surface area contributed by atoms with Crippen LogP contribution in [0.3, 0.4) is 0 Å². The summed E-state index contributed by atoms with van der Waals surface area (Å²) in [6.45, 7) is -0.0908. The van der Waals surface area contributed by atoms with Crippen LogP contribution in [-0.2, 0) is 12.8 Å². The smallest absolute Gasteiger partial charge is 0.416 e. The molecule has 0 saturated carbocycles. The molecule has 0 atom stereocenters. The van der Waals surface area contributed by atoms with Crippen LogP contribution < -0.4 is 4.74 Å². The van der Waals surface area contributed by atoms with Gasteiger partial charge in [0.15, 0.2) is 0 Å². The normalized spacial score (nSPS) is 11.3. The molecule has 106 valence electrons. The number of alkyl halides is 3. The summed E-state index contributed by atoms with van der Waals surface area (Å²) in [6, 6.07) is 6.03. The molecule has 0 aliphatic rings. The zero-order valence-corrected chi connectivity index (χ0v) is 10.8. The van der Waals surface area contributed by atoms with Crippen LogP contribution in [0.4, 0.5) is 13.2 Å². The molecule has 0 spiro atoms. The van der Waals surface area contributed by atoms with Gasteiger partial charge >= 0.3 is 12.1 Å². The van der Waals surface area contributed by atoms with E-state index < -0.39 is 17.7 Å². The van der Waals surface area contributed by atoms with Crippen LogP contribution in [0.2, 0.25) is 0 Å². The molecular weight excluding hydrogens is 293 g/mol. The van der Waals surface area contributed by atoms with Crippen molar-refractivity contribution in [3.8, 4) is 5.75 Å². The lowest BCUT2D eigenvalue weighted by Gasteiger charge is -2.10. The second-order valence-corrected chi connectivity index (χ2v) is 4.81. The first kappa shape index (κ1) is 14.4. The largest absolute Gasteiger partial charge is 0.489 e. The van der Waals surface area contributed by atoms with E-state index in [1.807, 2.05) is 0 Å². The average Bonchev–Trinajstić information content (AvgIpc) is 2.84. The quantitative estimate of drug-likeness (QED) is 0.927. The summed E-state index contributed by atoms with van der Waals surface area (Å²) >= 11 is 1.04. The highest BCUT2D eigenvalue weighted by Gasteiger charge is 2.30. The van der Waals surface area contributed by atoms with Gasteiger partial charge in [0.1, 0.15) is 17.2 Å². The van der Waals surface area contributed by atoms with Crippen molar-refractivity contribution >= 4 is 17.3 Å². The zero-order chi connectivity index (χ0) is 14.8. The Morgan fingerprint density at radius 2 is 2.05 bits per heavy atom. The molecule has 1 N–H and O–H groups in total. The van der Waals surface area contributed by atoms with Gasteiger partial charge in [-0.1, -0.05) is 6.07 Å². The van der Waals surface area contributed by atoms with E-state index in [2.05, 4.69) is 0 Å². The topological polar surface area (TPSA) is 46.5 Å². The molecule has 1 aromatic heterocycles. The number of carboxylic acids is 1. The minimum absolute atomic E-state index is 0.0439. The number of ether oxygens (including phenoxy) is 1. The van der Waals surface area contributed by atoms with E-state index in [1.54, 1.807) is 11.4 Å². The van der Waals surface area contributed by atoms with Crippen molar-refractivity contribution in [2.75, 3.05) is 0 Å². The van der Waals surface area contributed by atoms with Gasteiger partial charge in [-0.15, -0.1) is 11.3 Å². The van der Waals surface area contributed by atoms with Gasteiger partial charge in [-0.3, -0.25) is 0 Å². The fourth-order valence-corrected chi connectivity index (χ4v) is 2.31. The fourth-order valence-electron chi connectivity index (χ4n) is 1.56. The molecule has 7 heteroatoms. The number of carboxylic acid groups (broad SMARTS) is 1. The molecule has 0 aliphatic carbocycles. The molecule has 0 radical (unpaired) electrons. The number of halogens is 3. The molecule has 1 aromatic carbocycles. The van der Waals surface area contributed by atoms with Crippen molar-refractivity contribution in [1.82, 2.24) is 0 Å². The van der Waals surface area contributed by atoms with Gasteiger partial charge in [0.25, 0.3) is 0 Å². The first-order valence-electron chi connectivity index (χ1n) is 5.47. The lowest BCUT2D eigenvalue weighted by molar-refractivity contribution is -0.137. The molecule has 0 bridgehead atoms. The Labute approximate surface area is 116 Å². The van der Waals surface area contributed by atoms with E-state index in [-0.39, 0.29) is 17.2 Å². The Balaban J connectivity index is 2.11. The average molecular weight is 302 g/mol. The molecule has 0 amide bonds. The first-order valence-corrected chi connectivity index (χ1v) is 6.35. The zero-order valence-electron chi connectivity index (χ0n) is 9.98. The van der Waals surface area contributed by atoms with Crippen molar-refractivity contribution in [3.63, 3.8) is 0 Å². The minimum Gasteiger partial charge on any atom is -0.489 e. The number of hydrogen-bond donors (Lipinski definition) is 1. The van der Waals surface area contributed by atoms with Crippen LogP contribution in [0.5, 0.6) is 5.75 Å². The highest BCUT2D eigenvalue weighted by atomic mass is 32.1. The third kappa shape index (κ3) is 3.30. The Kier molecular flexibility index (Phi) is 3.99. The molecule has 0 saturated heterocycles. The molecule has 0 fully saturated rings. The predicted octanol–water partition coefficient (Wildman–Crippen LogP) is 4.04. The Morgan fingerprint density at radius 3 is 2.70 bits per heavy atom. The molecule has 20 heavy (non-hydrogen) atoms. The van der Waals surface area contributed by atoms with Crippen molar-refractivity contribution in [2.24, 2.45) is 0 Å². The summed E-state index contributed by atoms with van der Waals surface area (Å²) in [5, 5.41) is 10.5. The second kappa shape index (κ2) is 5.54. The Bertz CT molecular complexity index is 619. The number of thiophene rings is 1. The Hall–Kier alpha value is -2.02. The van der Waals surface area contributed by atoms with Crippen LogP contribution in [-0.4, -0.2) is 11.1 Å². The third-order valence-electron chi connectivity index (χ3n) is 2.50. The maximum absolute atomic E-state index is 12.5. The van der Waals surface area contributed by atoms with Gasteiger partial charge in [-0.2, -0.15) is 13.2 Å². The molecule has 1 heterocycles. The Morgan fingerprint density at radius 1 is 1.30 bits per heavy atom. The van der Waals surface area contributed by atoms with E-state index in [0.717, 1.165) is 23.5 Å². The fraction of sp³-hybridized carbons (Fsp3) is 0.154. The monoisotopic (exact) mass is 302 g/mol. The first-order chi connectivity index (χ1) is 9.38. The number of carbonyl (C=O) groups is 1. The second-order valence-electron chi connectivity index (χ2n) is 3.89. The van der Waals surface area contributed by atoms with Crippen LogP contribution >= 0.6 is 11.3 Å². The molecule has 0 aliphatic heterocycles. The highest BCUT2D eigenvalue weighted by Crippen LogP contribution is 2.31. The van der Waals surface area contributed by atoms with Gasteiger partial charge < -0.3 is 9.84 Å². The van der Waals surface area contributed by atoms with Crippen molar-refractivity contribution in [1.29, 1.82) is 0 Å². The maximum Gasteiger partial charge on any atom is 0.416 e. The molecule has 2 aromatic rings. The summed E-state index contributed by atoms with van der Waals surface area (Å²) in [4.78, 5) is 11.0. The lowest BCUT2D eigenvalue weighted by Crippen LogP contribution is -2.06. The molecular formula is C13H9F3O3S. The summed E-state index contributed by atoms with van der Waals surface area (Å²) in [6.07, 6.45) is -4.44. The van der Waals surface area contributed by atoms with Crippen molar-refractivity contribution < 1.29 is 27.8 Å². The summed E-state index contributed by atoms with van der Waals surface area (Å²) < 4.78 is 42.8. The predicted molar refractivity (Wildman–Crippen MR) is 67.1 cm³/mol. The number of aromatic carboxylic acids is 1. The highest BCUT2D eigenvalue weighted by molar-refractivity contribution is 7.12. The van der Waals surface area contributed by atoms with Gasteiger partial charge in [-0.25, -0.2) is 4.79 Å². The molecule has 2 rings (SSSR count). The van der Waals surface area contributed by atoms with Crippen molar-refractivity contribution in [2.45, 2.75) is 12.8 Å². The minimum atomic E-state index is -4.44. The van der Waals surface area contributed by atoms with E-state index >= 15 is 0 Å². The molecule has 3 nitrogen and oxygen atoms in total. The van der Waals surface area contributed by atoms with Crippen LogP contribution in [0.15, 0.2) is 35.7 Å². The van der Waals surface area contributed by atoms with E-state index in [9.17, 15) is 18.0 Å². The SMILES string of the molecule is O=C(O)c1sccc1COc1cccc(C(F)(F)F)c1. The summed E-state index contributed by atoms with van der Waals surface area (Å²) in [7, 11) is 0. The van der Waals surface area contributed by atoms with E-state index in [0.29, 0.717) is 5.56 Å². The standard InChI is InChI=1S/C13H9F3O3S/c14-13(15,16)9-2-1-3-10(6-9)19-7-8-4-5-20-11(8)12(17)18/h1-6H,7H2,(H,17,18). The maximum atomic E-state index is 12.5. The van der Waals surface area contributed by atoms with Gasteiger partial charge in [0, 0.05) is 5.56 Å². The molecule has 0 unspecified atom stereocenters. The van der Waals surface area contributed by atoms with Crippen LogP contribution in [0.1, 0.15) is 20.8 Å². The number of benzene rings is 1. The summed E-state index contributed by atoms with van der Waals surface area (Å²) in [5.74, 6) is -1.04. The van der Waals surface area contributed by atoms with Gasteiger partial charge in [-0.05, 0) is 29.6 Å². The van der Waals surface area contributed by atoms with E-state index in [4.69, 9.17) is 9.84 Å². The van der Waals surface area contributed by atoms with Crippen LogP contribution in [0.25, 0.3) is 0 Å². The van der Waals surface area contributed by atoms with Gasteiger partial charge in [0.2, 0.25) is 0 Å². The number of rotatable bonds is 4. The van der Waals surface area contributed by atoms with Gasteiger partial charge in [0.05, 0.1) is 5.56 Å². The van der Waals surface area contributed by atoms with Crippen molar-refractivity contribution in [3.05, 3.63) is 51.7 Å². The van der Waals surface area contributed by atoms with Crippen LogP contribution in [0, 0.1) is 0 Å². The number of hydrogen-bond acceptors (Lipinski definition) is 3. The lowest BCUT2D eigenvalue weighted by atomic mass is 10.2. The van der Waals surface area contributed by atoms with E-state index in [1.165, 1.54) is 12.1 Å².